The lowest BCUT2D eigenvalue weighted by Crippen LogP contribution is -2.68. The number of anilines is 1. The molecule has 2 heterocycles. The molecular formula is C21H21ClN2O5S. The number of fused-ring (bicyclic) bond motifs is 2. The number of hydrogen-bond donors (Lipinski definition) is 0. The Hall–Kier alpha value is -2.46. The number of halogens is 1. The molecule has 30 heavy (non-hydrogen) atoms. The molecule has 7 nitrogen and oxygen atoms in total. The second-order valence-electron chi connectivity index (χ2n) is 6.53. The highest BCUT2D eigenvalue weighted by atomic mass is 35.7. The van der Waals surface area contributed by atoms with Crippen molar-refractivity contribution >= 4 is 33.3 Å². The molecule has 0 N–H and O–H groups in total. The van der Waals surface area contributed by atoms with E-state index in [2.05, 4.69) is 72.8 Å². The molecule has 0 unspecified atom stereocenters. The van der Waals surface area contributed by atoms with Gasteiger partial charge in [0, 0.05) is 24.8 Å². The van der Waals surface area contributed by atoms with Crippen molar-refractivity contribution in [3.8, 4) is 5.75 Å². The second-order valence-corrected chi connectivity index (χ2v) is 8.35. The van der Waals surface area contributed by atoms with Crippen molar-refractivity contribution < 1.29 is 38.2 Å². The first kappa shape index (κ1) is 22.2. The molecule has 9 heteroatoms. The van der Waals surface area contributed by atoms with Gasteiger partial charge >= 0.3 is 0 Å². The van der Waals surface area contributed by atoms with Crippen LogP contribution in [0.25, 0.3) is 16.3 Å². The smallest absolute Gasteiger partial charge is 0.262 e. The minimum atomic E-state index is -4.94. The van der Waals surface area contributed by atoms with Crippen molar-refractivity contribution in [1.82, 2.24) is 0 Å². The monoisotopic (exact) mass is 448 g/mol. The Labute approximate surface area is 180 Å². The third kappa shape index (κ3) is 5.37. The van der Waals surface area contributed by atoms with Gasteiger partial charge in [-0.25, -0.2) is 18.6 Å². The highest BCUT2D eigenvalue weighted by Gasteiger charge is 2.24. The Balaban J connectivity index is 0.000000461. The van der Waals surface area contributed by atoms with Crippen molar-refractivity contribution in [2.24, 2.45) is 7.05 Å². The van der Waals surface area contributed by atoms with Crippen molar-refractivity contribution in [2.75, 3.05) is 11.4 Å². The lowest BCUT2D eigenvalue weighted by molar-refractivity contribution is -2.00. The molecule has 2 aromatic carbocycles. The third-order valence-corrected chi connectivity index (χ3v) is 5.59. The van der Waals surface area contributed by atoms with E-state index in [1.54, 1.807) is 11.3 Å². The summed E-state index contributed by atoms with van der Waals surface area (Å²) in [6.45, 7) is 5.15. The summed E-state index contributed by atoms with van der Waals surface area (Å²) in [6, 6.07) is 16.7. The summed E-state index contributed by atoms with van der Waals surface area (Å²) in [5.74, 6) is 1.82. The van der Waals surface area contributed by atoms with Crippen LogP contribution in [0.3, 0.4) is 0 Å². The van der Waals surface area contributed by atoms with Crippen molar-refractivity contribution in [3.63, 3.8) is 0 Å². The highest BCUT2D eigenvalue weighted by molar-refractivity contribution is 7.18. The van der Waals surface area contributed by atoms with E-state index in [-0.39, 0.29) is 0 Å². The molecule has 0 atom stereocenters. The van der Waals surface area contributed by atoms with Crippen molar-refractivity contribution in [2.45, 2.75) is 13.8 Å². The fourth-order valence-electron chi connectivity index (χ4n) is 3.16. The summed E-state index contributed by atoms with van der Waals surface area (Å²) < 4.78 is 43.6. The molecule has 3 aromatic rings. The number of para-hydroxylation sites is 3. The lowest BCUT2D eigenvalue weighted by atomic mass is 10.2. The molecule has 0 fully saturated rings. The minimum absolute atomic E-state index is 0.882. The Morgan fingerprint density at radius 2 is 1.73 bits per heavy atom. The molecule has 1 aliphatic rings. The summed E-state index contributed by atoms with van der Waals surface area (Å²) in [6.07, 6.45) is 4.34. The van der Waals surface area contributed by atoms with Gasteiger partial charge in [0.05, 0.1) is 5.69 Å². The molecule has 4 rings (SSSR count). The number of aromatic nitrogens is 1. The fraction of sp³-hybridized carbons (Fsp3) is 0.190. The Kier molecular flexibility index (Phi) is 6.77. The van der Waals surface area contributed by atoms with Crippen LogP contribution < -0.4 is 32.8 Å². The Bertz CT molecular complexity index is 1100. The topological polar surface area (TPSA) is 109 Å². The van der Waals surface area contributed by atoms with E-state index in [0.29, 0.717) is 0 Å². The van der Waals surface area contributed by atoms with E-state index in [1.807, 2.05) is 18.2 Å². The molecular weight excluding hydrogens is 428 g/mol. The van der Waals surface area contributed by atoms with Crippen LogP contribution in [0.15, 0.2) is 66.1 Å². The van der Waals surface area contributed by atoms with E-state index >= 15 is 0 Å². The van der Waals surface area contributed by atoms with Gasteiger partial charge < -0.3 is 9.64 Å². The number of ether oxygens (including phenoxy) is 1. The standard InChI is InChI=1S/C21H21N2OS.ClHO4/c1-4-23-16-9-5-7-11-18(16)24-20(23)13-15(2)14-21-22(3)17-10-6-8-12-19(17)25-21;2-1(3,4)5/h5-14H,4H2,1-3H3;(H,2,3,4,5)/q+1;/p-1. The van der Waals surface area contributed by atoms with Gasteiger partial charge in [0.25, 0.3) is 5.01 Å². The van der Waals surface area contributed by atoms with Gasteiger partial charge in [0.1, 0.15) is 11.7 Å². The molecule has 1 aromatic heterocycles. The fourth-order valence-corrected chi connectivity index (χ4v) is 4.33. The Morgan fingerprint density at radius 1 is 1.10 bits per heavy atom. The molecule has 0 bridgehead atoms. The van der Waals surface area contributed by atoms with Crippen molar-refractivity contribution in [3.05, 3.63) is 71.1 Å². The zero-order valence-electron chi connectivity index (χ0n) is 16.7. The maximum Gasteiger partial charge on any atom is 0.262 e. The van der Waals surface area contributed by atoms with Gasteiger partial charge in [-0.05, 0) is 37.6 Å². The van der Waals surface area contributed by atoms with Crippen LogP contribution >= 0.6 is 11.3 Å². The molecule has 158 valence electrons. The molecule has 0 spiro atoms. The second kappa shape index (κ2) is 9.13. The first-order chi connectivity index (χ1) is 14.2. The third-order valence-electron chi connectivity index (χ3n) is 4.43. The summed E-state index contributed by atoms with van der Waals surface area (Å²) in [4.78, 5) is 2.21. The maximum absolute atomic E-state index is 8.49. The molecule has 0 amide bonds. The van der Waals surface area contributed by atoms with Gasteiger partial charge in [-0.15, -0.1) is 10.2 Å². The minimum Gasteiger partial charge on any atom is -0.439 e. The normalized spacial score (nSPS) is 15.1. The quantitative estimate of drug-likeness (QED) is 0.527. The van der Waals surface area contributed by atoms with Crippen LogP contribution in [0.1, 0.15) is 18.9 Å². The summed E-state index contributed by atoms with van der Waals surface area (Å²) in [5, 5.41) is 1.23. The number of aryl methyl sites for hydroxylation is 1. The van der Waals surface area contributed by atoms with E-state index in [4.69, 9.17) is 23.4 Å². The highest BCUT2D eigenvalue weighted by Crippen LogP contribution is 2.38. The molecule has 0 saturated heterocycles. The average Bonchev–Trinajstić information content (AvgIpc) is 3.17. The van der Waals surface area contributed by atoms with Gasteiger partial charge in [0.15, 0.2) is 5.75 Å². The number of benzene rings is 2. The summed E-state index contributed by atoms with van der Waals surface area (Å²) in [5.41, 5.74) is 3.57. The van der Waals surface area contributed by atoms with Gasteiger partial charge in [-0.1, -0.05) is 35.6 Å². The molecule has 0 saturated carbocycles. The van der Waals surface area contributed by atoms with Crippen LogP contribution in [0, 0.1) is 10.2 Å². The van der Waals surface area contributed by atoms with E-state index in [1.165, 1.54) is 20.8 Å². The predicted molar refractivity (Wildman–Crippen MR) is 105 cm³/mol. The number of allylic oxidation sites excluding steroid dienone is 2. The first-order valence-corrected chi connectivity index (χ1v) is 11.2. The van der Waals surface area contributed by atoms with E-state index in [0.717, 1.165) is 23.9 Å². The lowest BCUT2D eigenvalue weighted by Gasteiger charge is -2.17. The number of nitrogens with zero attached hydrogens (tertiary/aromatic N) is 2. The zero-order chi connectivity index (χ0) is 21.9. The van der Waals surface area contributed by atoms with Crippen LogP contribution in [0.2, 0.25) is 0 Å². The number of hydrogen-bond acceptors (Lipinski definition) is 7. The van der Waals surface area contributed by atoms with E-state index in [9.17, 15) is 0 Å². The first-order valence-electron chi connectivity index (χ1n) is 9.11. The molecule has 0 radical (unpaired) electrons. The predicted octanol–water partition coefficient (Wildman–Crippen LogP) is 0.133. The summed E-state index contributed by atoms with van der Waals surface area (Å²) >= 11 is 1.81. The Morgan fingerprint density at radius 3 is 2.40 bits per heavy atom. The van der Waals surface area contributed by atoms with Crippen LogP contribution in [-0.2, 0) is 7.05 Å². The number of rotatable bonds is 3. The van der Waals surface area contributed by atoms with Gasteiger partial charge in [0.2, 0.25) is 11.4 Å². The van der Waals surface area contributed by atoms with Crippen molar-refractivity contribution in [1.29, 1.82) is 0 Å². The molecule has 0 aliphatic carbocycles. The summed E-state index contributed by atoms with van der Waals surface area (Å²) in [7, 11) is -2.83. The van der Waals surface area contributed by atoms with E-state index < -0.39 is 10.2 Å². The zero-order valence-corrected chi connectivity index (χ0v) is 18.3. The van der Waals surface area contributed by atoms with Crippen LogP contribution in [0.5, 0.6) is 5.75 Å². The molecule has 1 aliphatic heterocycles. The van der Waals surface area contributed by atoms with Crippen LogP contribution in [-0.4, -0.2) is 6.54 Å². The van der Waals surface area contributed by atoms with Crippen LogP contribution in [0.4, 0.5) is 5.69 Å². The number of thiazole rings is 1. The average molecular weight is 449 g/mol. The SMILES string of the molecule is CCN1/C(=C/C(C)=C/c2sc3ccccc3[n+]2C)Oc2ccccc21.[O-][Cl+3]([O-])([O-])[O-]. The maximum atomic E-state index is 8.49. The largest absolute Gasteiger partial charge is 0.439 e. The van der Waals surface area contributed by atoms with Gasteiger partial charge in [-0.3, -0.25) is 0 Å². The van der Waals surface area contributed by atoms with Gasteiger partial charge in [-0.2, -0.15) is 4.57 Å².